The van der Waals surface area contributed by atoms with Crippen LogP contribution in [0.1, 0.15) is 5.56 Å². The first kappa shape index (κ1) is 22.7. The quantitative estimate of drug-likeness (QED) is 0.300. The minimum Gasteiger partial charge on any atom is -0.462 e. The van der Waals surface area contributed by atoms with E-state index in [1.54, 1.807) is 30.3 Å². The standard InChI is InChI=1S/C14H18Cl2NO8P/c1-21-7-8-22-13(18)9-17(11-26(20,24-15)25-16)14(19)23-10-12-5-3-2-4-6-12/h2-6H,7-11H2,1H3. The zero-order valence-corrected chi connectivity index (χ0v) is 16.2. The summed E-state index contributed by atoms with van der Waals surface area (Å²) in [6.07, 6.45) is -1.67. The molecule has 0 radical (unpaired) electrons. The van der Waals surface area contributed by atoms with E-state index in [-0.39, 0.29) is 19.8 Å². The van der Waals surface area contributed by atoms with Gasteiger partial charge in [0, 0.05) is 7.11 Å². The van der Waals surface area contributed by atoms with Crippen LogP contribution < -0.4 is 0 Å². The van der Waals surface area contributed by atoms with Gasteiger partial charge in [0.25, 0.3) is 0 Å². The van der Waals surface area contributed by atoms with E-state index in [0.717, 1.165) is 4.90 Å². The number of rotatable bonds is 11. The molecule has 0 aromatic heterocycles. The average molecular weight is 430 g/mol. The van der Waals surface area contributed by atoms with Crippen molar-refractivity contribution in [3.63, 3.8) is 0 Å². The number of carbonyl (C=O) groups is 2. The first-order valence-electron chi connectivity index (χ1n) is 7.24. The molecule has 0 atom stereocenters. The summed E-state index contributed by atoms with van der Waals surface area (Å²) in [6, 6.07) is 8.83. The Balaban J connectivity index is 2.73. The van der Waals surface area contributed by atoms with E-state index in [1.165, 1.54) is 7.11 Å². The molecule has 1 rings (SSSR count). The summed E-state index contributed by atoms with van der Waals surface area (Å²) in [5.41, 5.74) is 0.717. The van der Waals surface area contributed by atoms with Crippen molar-refractivity contribution >= 4 is 43.4 Å². The van der Waals surface area contributed by atoms with Crippen LogP contribution in [0.3, 0.4) is 0 Å². The lowest BCUT2D eigenvalue weighted by Gasteiger charge is -2.23. The van der Waals surface area contributed by atoms with E-state index in [0.29, 0.717) is 5.56 Å². The Hall–Kier alpha value is -1.35. The number of hydrogen-bond donors (Lipinski definition) is 0. The number of esters is 1. The van der Waals surface area contributed by atoms with Crippen LogP contribution in [0.4, 0.5) is 4.79 Å². The van der Waals surface area contributed by atoms with Crippen molar-refractivity contribution in [2.45, 2.75) is 6.61 Å². The monoisotopic (exact) mass is 429 g/mol. The number of nitrogens with zero attached hydrogens (tertiary/aromatic N) is 1. The molecular formula is C14H18Cl2NO8P. The summed E-state index contributed by atoms with van der Waals surface area (Å²) >= 11 is 10.2. The SMILES string of the molecule is COCCOC(=O)CN(CP(=O)(OCl)OCl)C(=O)OCc1ccccc1. The maximum Gasteiger partial charge on any atom is 0.411 e. The number of ether oxygens (including phenoxy) is 3. The Morgan fingerprint density at radius 1 is 1.08 bits per heavy atom. The molecule has 0 aliphatic heterocycles. The van der Waals surface area contributed by atoms with Crippen LogP contribution >= 0.6 is 31.3 Å². The fraction of sp³-hybridized carbons (Fsp3) is 0.429. The molecule has 146 valence electrons. The van der Waals surface area contributed by atoms with Gasteiger partial charge in [-0.25, -0.2) is 4.79 Å². The summed E-state index contributed by atoms with van der Waals surface area (Å²) in [6.45, 7) is -0.485. The van der Waals surface area contributed by atoms with Gasteiger partial charge in [0.2, 0.25) is 0 Å². The molecule has 0 aliphatic carbocycles. The molecule has 0 fully saturated rings. The average Bonchev–Trinajstić information content (AvgIpc) is 2.66. The van der Waals surface area contributed by atoms with Gasteiger partial charge in [0.1, 0.15) is 26.0 Å². The highest BCUT2D eigenvalue weighted by molar-refractivity contribution is 7.55. The summed E-state index contributed by atoms with van der Waals surface area (Å²) in [7, 11) is -2.61. The lowest BCUT2D eigenvalue weighted by atomic mass is 10.2. The van der Waals surface area contributed by atoms with Gasteiger partial charge in [0.05, 0.1) is 30.3 Å². The Labute approximate surface area is 160 Å². The van der Waals surface area contributed by atoms with Gasteiger partial charge in [-0.05, 0) is 5.56 Å². The second-order valence-corrected chi connectivity index (χ2v) is 7.45. The summed E-state index contributed by atoms with van der Waals surface area (Å²) in [5.74, 6) is -0.783. The molecule has 26 heavy (non-hydrogen) atoms. The smallest absolute Gasteiger partial charge is 0.411 e. The molecule has 0 spiro atoms. The maximum absolute atomic E-state index is 12.2. The van der Waals surface area contributed by atoms with Crippen molar-refractivity contribution in [3.8, 4) is 0 Å². The number of benzene rings is 1. The second-order valence-electron chi connectivity index (χ2n) is 4.84. The number of halogens is 2. The Bertz CT molecular complexity index is 610. The summed E-state index contributed by atoms with van der Waals surface area (Å²) in [5, 5.41) is 0. The van der Waals surface area contributed by atoms with Crippen LogP contribution in [0.5, 0.6) is 0 Å². The topological polar surface area (TPSA) is 101 Å². The lowest BCUT2D eigenvalue weighted by molar-refractivity contribution is -0.145. The fourth-order valence-corrected chi connectivity index (χ4v) is 2.95. The Morgan fingerprint density at radius 2 is 1.73 bits per heavy atom. The molecule has 0 heterocycles. The first-order chi connectivity index (χ1) is 12.4. The van der Waals surface area contributed by atoms with E-state index >= 15 is 0 Å². The molecule has 1 aromatic carbocycles. The molecule has 0 aliphatic rings. The molecule has 1 aromatic rings. The molecule has 0 N–H and O–H groups in total. The molecule has 9 nitrogen and oxygen atoms in total. The first-order valence-corrected chi connectivity index (χ1v) is 9.58. The van der Waals surface area contributed by atoms with E-state index < -0.39 is 32.5 Å². The summed E-state index contributed by atoms with van der Waals surface area (Å²) in [4.78, 5) is 24.8. The number of hydrogen-bond acceptors (Lipinski definition) is 8. The molecular weight excluding hydrogens is 412 g/mol. The van der Waals surface area contributed by atoms with Crippen LogP contribution in [0.15, 0.2) is 30.3 Å². The third-order valence-corrected chi connectivity index (χ3v) is 5.26. The second kappa shape index (κ2) is 12.1. The lowest BCUT2D eigenvalue weighted by Crippen LogP contribution is -2.37. The van der Waals surface area contributed by atoms with Crippen molar-refractivity contribution in [2.24, 2.45) is 0 Å². The molecule has 1 amide bonds. The molecule has 0 bridgehead atoms. The normalized spacial score (nSPS) is 11.0. The van der Waals surface area contributed by atoms with Gasteiger partial charge in [0.15, 0.2) is 0 Å². The van der Waals surface area contributed by atoms with E-state index in [1.807, 2.05) is 0 Å². The van der Waals surface area contributed by atoms with E-state index in [9.17, 15) is 14.2 Å². The predicted octanol–water partition coefficient (Wildman–Crippen LogP) is 3.31. The minimum absolute atomic E-state index is 0.0160. The number of amides is 1. The van der Waals surface area contributed by atoms with Crippen LogP contribution in [0.2, 0.25) is 0 Å². The number of carbonyl (C=O) groups excluding carboxylic acids is 2. The van der Waals surface area contributed by atoms with Crippen LogP contribution in [0.25, 0.3) is 0 Å². The van der Waals surface area contributed by atoms with Gasteiger partial charge in [-0.15, -0.1) is 0 Å². The molecule has 12 heteroatoms. The van der Waals surface area contributed by atoms with Crippen LogP contribution in [-0.2, 0) is 38.3 Å². The largest absolute Gasteiger partial charge is 0.462 e. The third kappa shape index (κ3) is 8.35. The van der Waals surface area contributed by atoms with Gasteiger partial charge >= 0.3 is 19.7 Å². The fourth-order valence-electron chi connectivity index (χ4n) is 1.69. The van der Waals surface area contributed by atoms with E-state index in [2.05, 4.69) is 8.15 Å². The van der Waals surface area contributed by atoms with Gasteiger partial charge in [-0.3, -0.25) is 14.3 Å². The van der Waals surface area contributed by atoms with Gasteiger partial charge < -0.3 is 14.2 Å². The van der Waals surface area contributed by atoms with Crippen molar-refractivity contribution in [1.29, 1.82) is 0 Å². The summed E-state index contributed by atoms with van der Waals surface area (Å²) < 4.78 is 35.1. The number of methoxy groups -OCH3 is 1. The molecule has 0 saturated heterocycles. The minimum atomic E-state index is -4.05. The van der Waals surface area contributed by atoms with Crippen molar-refractivity contribution in [2.75, 3.05) is 33.2 Å². The zero-order valence-electron chi connectivity index (χ0n) is 13.8. The van der Waals surface area contributed by atoms with Crippen molar-refractivity contribution < 1.29 is 36.5 Å². The predicted molar refractivity (Wildman–Crippen MR) is 92.5 cm³/mol. The highest BCUT2D eigenvalue weighted by Crippen LogP contribution is 2.51. The van der Waals surface area contributed by atoms with Crippen LogP contribution in [0, 0.1) is 0 Å². The zero-order chi connectivity index (χ0) is 19.4. The van der Waals surface area contributed by atoms with Crippen LogP contribution in [-0.4, -0.2) is 50.1 Å². The van der Waals surface area contributed by atoms with Crippen molar-refractivity contribution in [3.05, 3.63) is 35.9 Å². The van der Waals surface area contributed by atoms with Gasteiger partial charge in [-0.2, -0.15) is 8.15 Å². The third-order valence-electron chi connectivity index (χ3n) is 2.89. The van der Waals surface area contributed by atoms with E-state index in [4.69, 9.17) is 37.9 Å². The highest BCUT2D eigenvalue weighted by Gasteiger charge is 2.33. The molecule has 0 saturated carbocycles. The maximum atomic E-state index is 12.2. The van der Waals surface area contributed by atoms with Gasteiger partial charge in [-0.1, -0.05) is 30.3 Å². The van der Waals surface area contributed by atoms with Crippen molar-refractivity contribution in [1.82, 2.24) is 4.90 Å². The Kier molecular flexibility index (Phi) is 10.6. The molecule has 0 unspecified atom stereocenters. The highest BCUT2D eigenvalue weighted by atomic mass is 35.5. The Morgan fingerprint density at radius 3 is 2.31 bits per heavy atom.